The molecule has 0 amide bonds. The molecular weight excluding hydrogens is 172 g/mol. The molecule has 0 saturated heterocycles. The van der Waals surface area contributed by atoms with Crippen LogP contribution in [0.15, 0.2) is 18.2 Å². The Morgan fingerprint density at radius 2 is 2.29 bits per heavy atom. The molecule has 2 nitrogen and oxygen atoms in total. The number of rotatable bonds is 1. The van der Waals surface area contributed by atoms with E-state index in [2.05, 4.69) is 37.1 Å². The first-order valence-corrected chi connectivity index (χ1v) is 5.21. The average Bonchev–Trinajstić information content (AvgIpc) is 2.16. The Morgan fingerprint density at radius 1 is 1.50 bits per heavy atom. The Labute approximate surface area is 85.7 Å². The minimum atomic E-state index is 0.620. The standard InChI is InChI=1S/C12H18N2/c1-9-3-4-12-11(5-9)6-10(7-13)8-14(12)2/h3-5,10H,6-8,13H2,1-2H3/t10-/m0/s1. The maximum absolute atomic E-state index is 5.73. The van der Waals surface area contributed by atoms with E-state index in [4.69, 9.17) is 5.73 Å². The average molecular weight is 190 g/mol. The van der Waals surface area contributed by atoms with Crippen molar-refractivity contribution in [3.05, 3.63) is 29.3 Å². The summed E-state index contributed by atoms with van der Waals surface area (Å²) in [4.78, 5) is 2.32. The zero-order valence-corrected chi connectivity index (χ0v) is 8.96. The zero-order valence-electron chi connectivity index (χ0n) is 8.96. The maximum Gasteiger partial charge on any atom is 0.0396 e. The molecule has 2 heteroatoms. The van der Waals surface area contributed by atoms with Gasteiger partial charge in [0.05, 0.1) is 0 Å². The topological polar surface area (TPSA) is 29.3 Å². The van der Waals surface area contributed by atoms with Gasteiger partial charge in [0.1, 0.15) is 0 Å². The normalized spacial score (nSPS) is 20.8. The van der Waals surface area contributed by atoms with E-state index in [1.54, 1.807) is 0 Å². The molecule has 1 aromatic carbocycles. The van der Waals surface area contributed by atoms with E-state index in [1.807, 2.05) is 0 Å². The lowest BCUT2D eigenvalue weighted by molar-refractivity contribution is 0.514. The van der Waals surface area contributed by atoms with Gasteiger partial charge in [-0.25, -0.2) is 0 Å². The van der Waals surface area contributed by atoms with Crippen molar-refractivity contribution in [2.75, 3.05) is 25.0 Å². The van der Waals surface area contributed by atoms with E-state index in [9.17, 15) is 0 Å². The first kappa shape index (κ1) is 9.53. The minimum Gasteiger partial charge on any atom is -0.374 e. The van der Waals surface area contributed by atoms with Crippen molar-refractivity contribution < 1.29 is 0 Å². The first-order chi connectivity index (χ1) is 6.70. The van der Waals surface area contributed by atoms with E-state index < -0.39 is 0 Å². The fourth-order valence-electron chi connectivity index (χ4n) is 2.27. The number of nitrogens with two attached hydrogens (primary N) is 1. The minimum absolute atomic E-state index is 0.620. The SMILES string of the molecule is Cc1ccc2c(c1)C[C@@H](CN)CN2C. The highest BCUT2D eigenvalue weighted by molar-refractivity contribution is 5.56. The van der Waals surface area contributed by atoms with Crippen molar-refractivity contribution in [1.29, 1.82) is 0 Å². The summed E-state index contributed by atoms with van der Waals surface area (Å²) in [5.41, 5.74) is 9.90. The molecule has 0 saturated carbocycles. The molecule has 1 atom stereocenters. The van der Waals surface area contributed by atoms with Crippen LogP contribution in [0.4, 0.5) is 5.69 Å². The van der Waals surface area contributed by atoms with Crippen molar-refractivity contribution in [1.82, 2.24) is 0 Å². The van der Waals surface area contributed by atoms with Crippen molar-refractivity contribution in [3.8, 4) is 0 Å². The Morgan fingerprint density at radius 3 is 3.00 bits per heavy atom. The third-order valence-electron chi connectivity index (χ3n) is 3.02. The van der Waals surface area contributed by atoms with Crippen LogP contribution in [-0.4, -0.2) is 20.1 Å². The summed E-state index contributed by atoms with van der Waals surface area (Å²) in [7, 11) is 2.15. The Bertz CT molecular complexity index is 333. The second-order valence-corrected chi connectivity index (χ2v) is 4.32. The Balaban J connectivity index is 2.35. The number of benzene rings is 1. The van der Waals surface area contributed by atoms with Gasteiger partial charge in [-0.05, 0) is 37.4 Å². The van der Waals surface area contributed by atoms with E-state index in [0.29, 0.717) is 5.92 Å². The lowest BCUT2D eigenvalue weighted by Crippen LogP contribution is -2.36. The number of anilines is 1. The highest BCUT2D eigenvalue weighted by Gasteiger charge is 2.20. The second-order valence-electron chi connectivity index (χ2n) is 4.32. The lowest BCUT2D eigenvalue weighted by atomic mass is 9.92. The van der Waals surface area contributed by atoms with Gasteiger partial charge in [0.2, 0.25) is 0 Å². The number of nitrogens with zero attached hydrogens (tertiary/aromatic N) is 1. The van der Waals surface area contributed by atoms with E-state index in [1.165, 1.54) is 16.8 Å². The molecule has 1 aromatic rings. The number of fused-ring (bicyclic) bond motifs is 1. The summed E-state index contributed by atoms with van der Waals surface area (Å²) < 4.78 is 0. The predicted molar refractivity (Wildman–Crippen MR) is 60.7 cm³/mol. The summed E-state index contributed by atoms with van der Waals surface area (Å²) in [6.45, 7) is 4.02. The summed E-state index contributed by atoms with van der Waals surface area (Å²) in [6.07, 6.45) is 1.14. The molecule has 0 bridgehead atoms. The van der Waals surface area contributed by atoms with Gasteiger partial charge in [-0.3, -0.25) is 0 Å². The number of aryl methyl sites for hydroxylation is 1. The van der Waals surface area contributed by atoms with Crippen molar-refractivity contribution >= 4 is 5.69 Å². The van der Waals surface area contributed by atoms with Crippen molar-refractivity contribution in [3.63, 3.8) is 0 Å². The predicted octanol–water partition coefficient (Wildman–Crippen LogP) is 1.56. The molecule has 14 heavy (non-hydrogen) atoms. The van der Waals surface area contributed by atoms with Gasteiger partial charge in [0.25, 0.3) is 0 Å². The number of hydrogen-bond donors (Lipinski definition) is 1. The summed E-state index contributed by atoms with van der Waals surface area (Å²) in [5.74, 6) is 0.620. The second kappa shape index (κ2) is 3.62. The third-order valence-corrected chi connectivity index (χ3v) is 3.02. The maximum atomic E-state index is 5.73. The molecule has 0 radical (unpaired) electrons. The fraction of sp³-hybridized carbons (Fsp3) is 0.500. The van der Waals surface area contributed by atoms with Gasteiger partial charge >= 0.3 is 0 Å². The van der Waals surface area contributed by atoms with Gasteiger partial charge in [0.15, 0.2) is 0 Å². The van der Waals surface area contributed by atoms with Crippen molar-refractivity contribution in [2.45, 2.75) is 13.3 Å². The molecule has 0 fully saturated rings. The fourth-order valence-corrected chi connectivity index (χ4v) is 2.27. The summed E-state index contributed by atoms with van der Waals surface area (Å²) in [6, 6.07) is 6.68. The smallest absolute Gasteiger partial charge is 0.0396 e. The molecule has 76 valence electrons. The lowest BCUT2D eigenvalue weighted by Gasteiger charge is -2.33. The summed E-state index contributed by atoms with van der Waals surface area (Å²) >= 11 is 0. The van der Waals surface area contributed by atoms with Crippen molar-refractivity contribution in [2.24, 2.45) is 11.7 Å². The van der Waals surface area contributed by atoms with E-state index in [-0.39, 0.29) is 0 Å². The quantitative estimate of drug-likeness (QED) is 0.728. The van der Waals surface area contributed by atoms with E-state index in [0.717, 1.165) is 19.5 Å². The van der Waals surface area contributed by atoms with Crippen LogP contribution in [0.1, 0.15) is 11.1 Å². The first-order valence-electron chi connectivity index (χ1n) is 5.21. The molecule has 0 spiro atoms. The Kier molecular flexibility index (Phi) is 2.46. The van der Waals surface area contributed by atoms with Crippen LogP contribution in [-0.2, 0) is 6.42 Å². The molecule has 2 rings (SSSR count). The van der Waals surface area contributed by atoms with Crippen LogP contribution in [0, 0.1) is 12.8 Å². The van der Waals surface area contributed by atoms with Gasteiger partial charge in [-0.1, -0.05) is 17.7 Å². The zero-order chi connectivity index (χ0) is 10.1. The molecule has 0 unspecified atom stereocenters. The monoisotopic (exact) mass is 190 g/mol. The van der Waals surface area contributed by atoms with Crippen LogP contribution >= 0.6 is 0 Å². The van der Waals surface area contributed by atoms with Gasteiger partial charge in [-0.2, -0.15) is 0 Å². The molecule has 2 N–H and O–H groups in total. The Hall–Kier alpha value is -1.02. The van der Waals surface area contributed by atoms with Gasteiger partial charge < -0.3 is 10.6 Å². The molecule has 1 aliphatic heterocycles. The van der Waals surface area contributed by atoms with Crippen LogP contribution < -0.4 is 10.6 Å². The molecule has 0 aromatic heterocycles. The van der Waals surface area contributed by atoms with Crippen LogP contribution in [0.5, 0.6) is 0 Å². The highest BCUT2D eigenvalue weighted by Crippen LogP contribution is 2.28. The van der Waals surface area contributed by atoms with Crippen LogP contribution in [0.2, 0.25) is 0 Å². The van der Waals surface area contributed by atoms with E-state index >= 15 is 0 Å². The molecular formula is C12H18N2. The molecule has 1 aliphatic rings. The number of hydrogen-bond acceptors (Lipinski definition) is 2. The van der Waals surface area contributed by atoms with Gasteiger partial charge in [-0.15, -0.1) is 0 Å². The van der Waals surface area contributed by atoms with Gasteiger partial charge in [0, 0.05) is 19.3 Å². The van der Waals surface area contributed by atoms with Crippen LogP contribution in [0.25, 0.3) is 0 Å². The molecule has 1 heterocycles. The highest BCUT2D eigenvalue weighted by atomic mass is 15.1. The molecule has 0 aliphatic carbocycles. The third kappa shape index (κ3) is 1.62. The van der Waals surface area contributed by atoms with Crippen LogP contribution in [0.3, 0.4) is 0 Å². The largest absolute Gasteiger partial charge is 0.374 e. The summed E-state index contributed by atoms with van der Waals surface area (Å²) in [5, 5.41) is 0.